The normalized spacial score (nSPS) is 14.9. The highest BCUT2D eigenvalue weighted by Crippen LogP contribution is 2.30. The number of hydrogen-bond acceptors (Lipinski definition) is 6. The predicted octanol–water partition coefficient (Wildman–Crippen LogP) is 5.40. The Kier molecular flexibility index (Phi) is 8.13. The fourth-order valence-corrected chi connectivity index (χ4v) is 4.40. The summed E-state index contributed by atoms with van der Waals surface area (Å²) in [5.74, 6) is 0.157. The highest BCUT2D eigenvalue weighted by atomic mass is 79.9. The summed E-state index contributed by atoms with van der Waals surface area (Å²) in [5.41, 5.74) is 3.17. The predicted molar refractivity (Wildman–Crippen MR) is 143 cm³/mol. The summed E-state index contributed by atoms with van der Waals surface area (Å²) in [4.78, 5) is 39.0. The lowest BCUT2D eigenvalue weighted by atomic mass is 10.1. The number of ether oxygens (including phenoxy) is 3. The van der Waals surface area contributed by atoms with Crippen LogP contribution >= 0.6 is 15.9 Å². The van der Waals surface area contributed by atoms with Gasteiger partial charge in [0.2, 0.25) is 5.91 Å². The van der Waals surface area contributed by atoms with Crippen molar-refractivity contribution in [2.45, 2.75) is 20.3 Å². The molecule has 0 aliphatic carbocycles. The Hall–Kier alpha value is -3.85. The van der Waals surface area contributed by atoms with E-state index in [9.17, 15) is 14.4 Å². The van der Waals surface area contributed by atoms with Gasteiger partial charge in [0.1, 0.15) is 17.2 Å². The van der Waals surface area contributed by atoms with Gasteiger partial charge in [-0.2, -0.15) is 0 Å². The Morgan fingerprint density at radius 2 is 1.59 bits per heavy atom. The monoisotopic (exact) mass is 566 g/mol. The molecule has 1 atom stereocenters. The van der Waals surface area contributed by atoms with E-state index >= 15 is 0 Å². The number of methoxy groups -OCH3 is 1. The fourth-order valence-electron chi connectivity index (χ4n) is 3.95. The molecule has 0 saturated carbocycles. The number of amides is 2. The zero-order valence-corrected chi connectivity index (χ0v) is 22.3. The maximum absolute atomic E-state index is 12.6. The number of hydrogen-bond donors (Lipinski definition) is 1. The third kappa shape index (κ3) is 6.48. The van der Waals surface area contributed by atoms with Gasteiger partial charge in [-0.1, -0.05) is 15.9 Å². The number of nitrogens with zero attached hydrogens (tertiary/aromatic N) is 1. The van der Waals surface area contributed by atoms with Crippen molar-refractivity contribution in [3.8, 4) is 17.2 Å². The molecule has 1 saturated heterocycles. The molecular weight excluding hydrogens is 540 g/mol. The van der Waals surface area contributed by atoms with Gasteiger partial charge in [0, 0.05) is 28.8 Å². The molecule has 9 heteroatoms. The van der Waals surface area contributed by atoms with E-state index in [2.05, 4.69) is 21.2 Å². The van der Waals surface area contributed by atoms with E-state index in [4.69, 9.17) is 14.2 Å². The first kappa shape index (κ1) is 26.2. The first-order valence-electron chi connectivity index (χ1n) is 11.7. The smallest absolute Gasteiger partial charge is 0.311 e. The zero-order chi connectivity index (χ0) is 26.5. The quantitative estimate of drug-likeness (QED) is 0.367. The standard InChI is InChI=1S/C28H27BrN2O6/c1-17-13-25(18(2)12-24(17)29)30-26(32)16-36-28(34)19-14-27(33)31(15-19)20-4-6-22(7-5-20)37-23-10-8-21(35-3)9-11-23/h4-13,19H,14-16H2,1-3H3,(H,30,32)/t19-/m1/s1. The van der Waals surface area contributed by atoms with Gasteiger partial charge in [0.05, 0.1) is 13.0 Å². The van der Waals surface area contributed by atoms with Crippen LogP contribution in [0.15, 0.2) is 65.1 Å². The van der Waals surface area contributed by atoms with Crippen LogP contribution in [0.2, 0.25) is 0 Å². The minimum Gasteiger partial charge on any atom is -0.497 e. The molecular formula is C28H27BrN2O6. The summed E-state index contributed by atoms with van der Waals surface area (Å²) in [5, 5.41) is 2.76. The highest BCUT2D eigenvalue weighted by molar-refractivity contribution is 9.10. The first-order valence-corrected chi connectivity index (χ1v) is 12.5. The second kappa shape index (κ2) is 11.5. The summed E-state index contributed by atoms with van der Waals surface area (Å²) >= 11 is 3.46. The average molecular weight is 567 g/mol. The van der Waals surface area contributed by atoms with E-state index in [1.165, 1.54) is 4.90 Å². The van der Waals surface area contributed by atoms with Crippen LogP contribution in [0.3, 0.4) is 0 Å². The van der Waals surface area contributed by atoms with E-state index < -0.39 is 24.4 Å². The van der Waals surface area contributed by atoms with Crippen molar-refractivity contribution in [2.75, 3.05) is 30.5 Å². The molecule has 1 aliphatic heterocycles. The molecule has 0 bridgehead atoms. The second-order valence-corrected chi connectivity index (χ2v) is 9.60. The van der Waals surface area contributed by atoms with Gasteiger partial charge in [-0.15, -0.1) is 0 Å². The highest BCUT2D eigenvalue weighted by Gasteiger charge is 2.36. The number of halogens is 1. The van der Waals surface area contributed by atoms with Crippen LogP contribution in [-0.2, 0) is 19.1 Å². The lowest BCUT2D eigenvalue weighted by molar-refractivity contribution is -0.151. The average Bonchev–Trinajstić information content (AvgIpc) is 3.28. The lowest BCUT2D eigenvalue weighted by Gasteiger charge is -2.17. The van der Waals surface area contributed by atoms with Gasteiger partial charge in [-0.3, -0.25) is 14.4 Å². The Morgan fingerprint density at radius 3 is 2.24 bits per heavy atom. The molecule has 8 nitrogen and oxygen atoms in total. The van der Waals surface area contributed by atoms with Crippen molar-refractivity contribution in [1.29, 1.82) is 0 Å². The number of benzene rings is 3. The first-order chi connectivity index (χ1) is 17.7. The van der Waals surface area contributed by atoms with E-state index in [1.807, 2.05) is 26.0 Å². The SMILES string of the molecule is COc1ccc(Oc2ccc(N3C[C@H](C(=O)OCC(=O)Nc4cc(C)c(Br)cc4C)CC3=O)cc2)cc1. The molecule has 2 amide bonds. The van der Waals surface area contributed by atoms with Crippen molar-refractivity contribution in [3.05, 3.63) is 76.3 Å². The molecule has 3 aromatic carbocycles. The molecule has 0 spiro atoms. The van der Waals surface area contributed by atoms with Gasteiger partial charge in [-0.05, 0) is 85.6 Å². The summed E-state index contributed by atoms with van der Waals surface area (Å²) in [6.45, 7) is 3.56. The zero-order valence-electron chi connectivity index (χ0n) is 20.7. The lowest BCUT2D eigenvalue weighted by Crippen LogP contribution is -2.28. The van der Waals surface area contributed by atoms with Crippen LogP contribution in [0.1, 0.15) is 17.5 Å². The largest absolute Gasteiger partial charge is 0.497 e. The number of anilines is 2. The maximum atomic E-state index is 12.6. The van der Waals surface area contributed by atoms with E-state index in [0.29, 0.717) is 22.9 Å². The number of carbonyl (C=O) groups excluding carboxylic acids is 3. The molecule has 1 fully saturated rings. The minimum absolute atomic E-state index is 0.0234. The summed E-state index contributed by atoms with van der Waals surface area (Å²) in [6, 6.07) is 18.0. The minimum atomic E-state index is -0.646. The Balaban J connectivity index is 1.29. The molecule has 0 unspecified atom stereocenters. The van der Waals surface area contributed by atoms with Crippen LogP contribution < -0.4 is 19.7 Å². The number of aryl methyl sites for hydroxylation is 2. The molecule has 3 aromatic rings. The van der Waals surface area contributed by atoms with Gasteiger partial charge in [-0.25, -0.2) is 0 Å². The number of esters is 1. The van der Waals surface area contributed by atoms with Crippen LogP contribution in [0, 0.1) is 19.8 Å². The van der Waals surface area contributed by atoms with E-state index in [1.54, 1.807) is 55.6 Å². The fraction of sp³-hybridized carbons (Fsp3) is 0.250. The van der Waals surface area contributed by atoms with Crippen molar-refractivity contribution in [2.24, 2.45) is 5.92 Å². The third-order valence-corrected chi connectivity index (χ3v) is 6.88. The van der Waals surface area contributed by atoms with E-state index in [0.717, 1.165) is 21.3 Å². The molecule has 0 aromatic heterocycles. The number of rotatable bonds is 8. The molecule has 37 heavy (non-hydrogen) atoms. The van der Waals surface area contributed by atoms with Crippen molar-refractivity contribution in [3.63, 3.8) is 0 Å². The van der Waals surface area contributed by atoms with Crippen LogP contribution in [0.25, 0.3) is 0 Å². The molecule has 192 valence electrons. The molecule has 0 radical (unpaired) electrons. The number of carbonyl (C=O) groups is 3. The van der Waals surface area contributed by atoms with Gasteiger partial charge in [0.15, 0.2) is 6.61 Å². The van der Waals surface area contributed by atoms with Crippen LogP contribution in [0.4, 0.5) is 11.4 Å². The van der Waals surface area contributed by atoms with E-state index in [-0.39, 0.29) is 18.9 Å². The summed E-state index contributed by atoms with van der Waals surface area (Å²) < 4.78 is 17.1. The molecule has 1 N–H and O–H groups in total. The number of nitrogens with one attached hydrogen (secondary N) is 1. The Bertz CT molecular complexity index is 1310. The van der Waals surface area contributed by atoms with Crippen molar-refractivity contribution >= 4 is 45.1 Å². The summed E-state index contributed by atoms with van der Waals surface area (Å²) in [7, 11) is 1.60. The third-order valence-electron chi connectivity index (χ3n) is 6.03. The Labute approximate surface area is 223 Å². The topological polar surface area (TPSA) is 94.2 Å². The Morgan fingerprint density at radius 1 is 0.973 bits per heavy atom. The van der Waals surface area contributed by atoms with Gasteiger partial charge >= 0.3 is 5.97 Å². The van der Waals surface area contributed by atoms with Crippen molar-refractivity contribution in [1.82, 2.24) is 0 Å². The summed E-state index contributed by atoms with van der Waals surface area (Å²) in [6.07, 6.45) is 0.0234. The molecule has 1 heterocycles. The van der Waals surface area contributed by atoms with Gasteiger partial charge < -0.3 is 24.4 Å². The van der Waals surface area contributed by atoms with Crippen molar-refractivity contribution < 1.29 is 28.6 Å². The van der Waals surface area contributed by atoms with Crippen LogP contribution in [0.5, 0.6) is 17.2 Å². The van der Waals surface area contributed by atoms with Crippen LogP contribution in [-0.4, -0.2) is 38.0 Å². The van der Waals surface area contributed by atoms with Gasteiger partial charge in [0.25, 0.3) is 5.91 Å². The molecule has 1 aliphatic rings. The maximum Gasteiger partial charge on any atom is 0.311 e. The second-order valence-electron chi connectivity index (χ2n) is 8.75. The molecule has 4 rings (SSSR count).